The molecule has 1 aliphatic heterocycles. The predicted octanol–water partition coefficient (Wildman–Crippen LogP) is 0.806. The summed E-state index contributed by atoms with van der Waals surface area (Å²) in [4.78, 5) is 29.2. The average molecular weight is 395 g/mol. The number of nitrogens with one attached hydrogen (secondary N) is 1. The zero-order chi connectivity index (χ0) is 20.4. The van der Waals surface area contributed by atoms with Crippen molar-refractivity contribution >= 4 is 5.91 Å². The summed E-state index contributed by atoms with van der Waals surface area (Å²) in [6.07, 6.45) is 5.93. The van der Waals surface area contributed by atoms with E-state index in [1.165, 1.54) is 0 Å². The largest absolute Gasteiger partial charge is 0.348 e. The lowest BCUT2D eigenvalue weighted by molar-refractivity contribution is -0.134. The van der Waals surface area contributed by atoms with Gasteiger partial charge in [0.15, 0.2) is 5.82 Å². The molecule has 0 saturated heterocycles. The van der Waals surface area contributed by atoms with Crippen LogP contribution in [0, 0.1) is 0 Å². The average Bonchev–Trinajstić information content (AvgIpc) is 3.37. The van der Waals surface area contributed by atoms with E-state index in [1.807, 2.05) is 24.1 Å². The van der Waals surface area contributed by atoms with E-state index in [2.05, 4.69) is 49.2 Å². The molecule has 0 radical (unpaired) electrons. The van der Waals surface area contributed by atoms with E-state index in [1.54, 1.807) is 23.4 Å². The Morgan fingerprint density at radius 3 is 3.03 bits per heavy atom. The second-order valence-corrected chi connectivity index (χ2v) is 7.55. The van der Waals surface area contributed by atoms with E-state index in [4.69, 9.17) is 0 Å². The second kappa shape index (κ2) is 8.08. The summed E-state index contributed by atoms with van der Waals surface area (Å²) in [5.41, 5.74) is 2.86. The van der Waals surface area contributed by atoms with Gasteiger partial charge in [0.25, 0.3) is 0 Å². The Balaban J connectivity index is 1.58. The molecule has 152 valence electrons. The Morgan fingerprint density at radius 2 is 2.28 bits per heavy atom. The van der Waals surface area contributed by atoms with Gasteiger partial charge in [-0.3, -0.25) is 14.7 Å². The molecule has 0 fully saturated rings. The maximum absolute atomic E-state index is 13.3. The molecule has 29 heavy (non-hydrogen) atoms. The van der Waals surface area contributed by atoms with Crippen LogP contribution in [-0.4, -0.2) is 70.5 Å². The van der Waals surface area contributed by atoms with E-state index in [9.17, 15) is 4.79 Å². The molecule has 3 aromatic rings. The first kappa shape index (κ1) is 19.2. The van der Waals surface area contributed by atoms with Gasteiger partial charge in [-0.05, 0) is 43.0 Å². The number of carbonyl (C=O) groups is 1. The fraction of sp³-hybridized carbons (Fsp3) is 0.474. The Hall–Kier alpha value is -3.14. The molecule has 0 aromatic carbocycles. The van der Waals surface area contributed by atoms with Gasteiger partial charge >= 0.3 is 0 Å². The Kier molecular flexibility index (Phi) is 5.34. The summed E-state index contributed by atoms with van der Waals surface area (Å²) in [5, 5.41) is 11.9. The van der Waals surface area contributed by atoms with Gasteiger partial charge < -0.3 is 9.88 Å². The fourth-order valence-electron chi connectivity index (χ4n) is 3.50. The van der Waals surface area contributed by atoms with Crippen molar-refractivity contribution < 1.29 is 4.79 Å². The molecule has 10 heteroatoms. The number of carbonyl (C=O) groups excluding carboxylic acids is 1. The van der Waals surface area contributed by atoms with Crippen LogP contribution in [-0.2, 0) is 24.3 Å². The molecule has 1 amide bonds. The lowest BCUT2D eigenvalue weighted by Crippen LogP contribution is -2.42. The molecule has 3 aromatic heterocycles. The number of hydrogen-bond acceptors (Lipinski definition) is 7. The highest BCUT2D eigenvalue weighted by atomic mass is 16.2. The van der Waals surface area contributed by atoms with E-state index in [0.29, 0.717) is 25.0 Å². The van der Waals surface area contributed by atoms with E-state index in [0.717, 1.165) is 23.4 Å². The third kappa shape index (κ3) is 3.88. The summed E-state index contributed by atoms with van der Waals surface area (Å²) < 4.78 is 1.58. The molecule has 0 saturated carbocycles. The molecule has 0 unspecified atom stereocenters. The normalized spacial score (nSPS) is 16.4. The Labute approximate surface area is 169 Å². The van der Waals surface area contributed by atoms with Crippen LogP contribution in [0.25, 0.3) is 0 Å². The number of tetrazole rings is 1. The summed E-state index contributed by atoms with van der Waals surface area (Å²) in [7, 11) is 2.01. The third-order valence-corrected chi connectivity index (χ3v) is 5.41. The number of nitrogens with zero attached hydrogens (tertiary/aromatic N) is 8. The summed E-state index contributed by atoms with van der Waals surface area (Å²) in [6, 6.07) is 3.93. The Bertz CT molecular complexity index is 965. The first-order valence-electron chi connectivity index (χ1n) is 9.71. The van der Waals surface area contributed by atoms with Crippen LogP contribution in [0.1, 0.15) is 42.7 Å². The molecular weight excluding hydrogens is 370 g/mol. The lowest BCUT2D eigenvalue weighted by atomic mass is 9.97. The number of fused-ring (bicyclic) bond motifs is 1. The van der Waals surface area contributed by atoms with Gasteiger partial charge in [-0.15, -0.1) is 5.10 Å². The number of imidazole rings is 1. The standard InChI is InChI=1S/C19H25N9O/c1-13(2)26(3)10-16-23-24-25-28(16)11-17(29)27-8-6-15-18(22-12-21-15)19(27)14-5-4-7-20-9-14/h4-5,7,9,12-13,19H,6,8,10-11H2,1-3H3,(H,21,22)/t19-/m0/s1. The number of rotatable bonds is 6. The maximum atomic E-state index is 13.3. The number of H-pyrrole nitrogens is 1. The zero-order valence-electron chi connectivity index (χ0n) is 16.9. The topological polar surface area (TPSA) is 109 Å². The van der Waals surface area contributed by atoms with Crippen LogP contribution in [0.3, 0.4) is 0 Å². The minimum Gasteiger partial charge on any atom is -0.348 e. The van der Waals surface area contributed by atoms with Crippen molar-refractivity contribution in [3.8, 4) is 0 Å². The van der Waals surface area contributed by atoms with Gasteiger partial charge in [0.05, 0.1) is 18.6 Å². The van der Waals surface area contributed by atoms with Gasteiger partial charge in [0.1, 0.15) is 12.6 Å². The minimum absolute atomic E-state index is 0.0479. The Morgan fingerprint density at radius 1 is 1.41 bits per heavy atom. The molecule has 1 atom stereocenters. The molecule has 0 bridgehead atoms. The van der Waals surface area contributed by atoms with Crippen LogP contribution < -0.4 is 0 Å². The molecule has 1 aliphatic rings. The highest BCUT2D eigenvalue weighted by Gasteiger charge is 2.34. The molecule has 4 rings (SSSR count). The molecular formula is C19H25N9O. The number of hydrogen-bond donors (Lipinski definition) is 1. The SMILES string of the molecule is CC(C)N(C)Cc1nnnn1CC(=O)N1CCc2[nH]cnc2[C@@H]1c1cccnc1. The fourth-order valence-corrected chi connectivity index (χ4v) is 3.50. The van der Waals surface area contributed by atoms with E-state index >= 15 is 0 Å². The van der Waals surface area contributed by atoms with Crippen molar-refractivity contribution in [2.75, 3.05) is 13.6 Å². The molecule has 1 N–H and O–H groups in total. The van der Waals surface area contributed by atoms with Crippen molar-refractivity contribution in [1.82, 2.24) is 45.0 Å². The van der Waals surface area contributed by atoms with Gasteiger partial charge in [0, 0.05) is 37.1 Å². The summed E-state index contributed by atoms with van der Waals surface area (Å²) in [6.45, 7) is 5.47. The van der Waals surface area contributed by atoms with Crippen molar-refractivity contribution in [1.29, 1.82) is 0 Å². The monoisotopic (exact) mass is 395 g/mol. The van der Waals surface area contributed by atoms with Crippen LogP contribution >= 0.6 is 0 Å². The quantitative estimate of drug-likeness (QED) is 0.658. The number of amides is 1. The first-order valence-corrected chi connectivity index (χ1v) is 9.71. The van der Waals surface area contributed by atoms with E-state index < -0.39 is 0 Å². The first-order chi connectivity index (χ1) is 14.0. The van der Waals surface area contributed by atoms with Crippen LogP contribution in [0.4, 0.5) is 0 Å². The zero-order valence-corrected chi connectivity index (χ0v) is 16.9. The van der Waals surface area contributed by atoms with Gasteiger partial charge in [-0.2, -0.15) is 0 Å². The highest BCUT2D eigenvalue weighted by molar-refractivity contribution is 5.77. The number of aromatic nitrogens is 7. The van der Waals surface area contributed by atoms with Crippen molar-refractivity contribution in [3.05, 3.63) is 53.6 Å². The smallest absolute Gasteiger partial charge is 0.245 e. The number of aromatic amines is 1. The van der Waals surface area contributed by atoms with Crippen LogP contribution in [0.5, 0.6) is 0 Å². The summed E-state index contributed by atoms with van der Waals surface area (Å²) >= 11 is 0. The van der Waals surface area contributed by atoms with Gasteiger partial charge in [-0.25, -0.2) is 9.67 Å². The molecule has 0 spiro atoms. The number of pyridine rings is 1. The second-order valence-electron chi connectivity index (χ2n) is 7.55. The molecule has 0 aliphatic carbocycles. The van der Waals surface area contributed by atoms with Crippen LogP contribution in [0.2, 0.25) is 0 Å². The van der Waals surface area contributed by atoms with Gasteiger partial charge in [0.2, 0.25) is 5.91 Å². The minimum atomic E-state index is -0.274. The maximum Gasteiger partial charge on any atom is 0.245 e. The van der Waals surface area contributed by atoms with Crippen LogP contribution in [0.15, 0.2) is 30.9 Å². The van der Waals surface area contributed by atoms with E-state index in [-0.39, 0.29) is 18.5 Å². The lowest BCUT2D eigenvalue weighted by Gasteiger charge is -2.35. The van der Waals surface area contributed by atoms with Crippen molar-refractivity contribution in [3.63, 3.8) is 0 Å². The van der Waals surface area contributed by atoms with Crippen molar-refractivity contribution in [2.24, 2.45) is 0 Å². The van der Waals surface area contributed by atoms with Gasteiger partial charge in [-0.1, -0.05) is 6.07 Å². The van der Waals surface area contributed by atoms with Crippen molar-refractivity contribution in [2.45, 2.75) is 45.4 Å². The predicted molar refractivity (Wildman–Crippen MR) is 105 cm³/mol. The highest BCUT2D eigenvalue weighted by Crippen LogP contribution is 2.33. The molecule has 4 heterocycles. The molecule has 10 nitrogen and oxygen atoms in total. The summed E-state index contributed by atoms with van der Waals surface area (Å²) in [5.74, 6) is 0.623. The third-order valence-electron chi connectivity index (χ3n) is 5.41.